The molecule has 1 saturated heterocycles. The first kappa shape index (κ1) is 13.7. The van der Waals surface area contributed by atoms with E-state index in [1.807, 2.05) is 6.07 Å². The van der Waals surface area contributed by atoms with Gasteiger partial charge in [0.1, 0.15) is 0 Å². The lowest BCUT2D eigenvalue weighted by Gasteiger charge is -2.14. The molecular weight excluding hydrogens is 314 g/mol. The molecule has 98 valence electrons. The van der Waals surface area contributed by atoms with Crippen molar-refractivity contribution in [2.24, 2.45) is 5.92 Å². The van der Waals surface area contributed by atoms with Gasteiger partial charge in [-0.25, -0.2) is 0 Å². The van der Waals surface area contributed by atoms with Gasteiger partial charge >= 0.3 is 0 Å². The predicted molar refractivity (Wildman–Crippen MR) is 75.9 cm³/mol. The van der Waals surface area contributed by atoms with Crippen molar-refractivity contribution in [1.29, 1.82) is 0 Å². The molecular formula is C13H16BrNO2S. The Balaban J connectivity index is 1.94. The molecule has 2 heterocycles. The van der Waals surface area contributed by atoms with Crippen LogP contribution >= 0.6 is 27.3 Å². The maximum Gasteiger partial charge on any atom is 0.223 e. The Morgan fingerprint density at radius 3 is 2.94 bits per heavy atom. The largest absolute Gasteiger partial charge is 0.335 e. The van der Waals surface area contributed by atoms with Crippen LogP contribution in [0.4, 0.5) is 0 Å². The predicted octanol–water partition coefficient (Wildman–Crippen LogP) is 3.34. The number of halogens is 1. The molecule has 1 fully saturated rings. The molecule has 0 spiro atoms. The highest BCUT2D eigenvalue weighted by Crippen LogP contribution is 2.25. The molecule has 1 aliphatic rings. The smallest absolute Gasteiger partial charge is 0.223 e. The van der Waals surface area contributed by atoms with E-state index in [0.29, 0.717) is 17.2 Å². The van der Waals surface area contributed by atoms with Crippen LogP contribution < -0.4 is 0 Å². The van der Waals surface area contributed by atoms with Gasteiger partial charge in [-0.15, -0.1) is 11.3 Å². The lowest BCUT2D eigenvalue weighted by Crippen LogP contribution is -2.31. The van der Waals surface area contributed by atoms with E-state index < -0.39 is 0 Å². The number of nitrogens with zero attached hydrogens (tertiary/aromatic N) is 1. The number of hydrogen-bond donors (Lipinski definition) is 0. The molecule has 1 atom stereocenters. The average Bonchev–Trinajstić information content (AvgIpc) is 2.87. The first-order valence-electron chi connectivity index (χ1n) is 6.16. The normalized spacial score (nSPS) is 19.6. The summed E-state index contributed by atoms with van der Waals surface area (Å²) >= 11 is 4.76. The van der Waals surface area contributed by atoms with Gasteiger partial charge in [-0.05, 0) is 40.4 Å². The summed E-state index contributed by atoms with van der Waals surface area (Å²) in [4.78, 5) is 26.2. The van der Waals surface area contributed by atoms with E-state index in [2.05, 4.69) is 22.9 Å². The van der Waals surface area contributed by atoms with Crippen LogP contribution in [0.1, 0.15) is 35.9 Å². The van der Waals surface area contributed by atoms with Crippen LogP contribution in [0.3, 0.4) is 0 Å². The number of amides is 1. The minimum Gasteiger partial charge on any atom is -0.335 e. The van der Waals surface area contributed by atoms with E-state index in [1.54, 1.807) is 11.0 Å². The lowest BCUT2D eigenvalue weighted by atomic mass is 10.0. The molecule has 5 heteroatoms. The number of thiophene rings is 1. The van der Waals surface area contributed by atoms with E-state index in [-0.39, 0.29) is 18.2 Å². The summed E-state index contributed by atoms with van der Waals surface area (Å²) in [6.07, 6.45) is 2.77. The fourth-order valence-electron chi connectivity index (χ4n) is 2.32. The van der Waals surface area contributed by atoms with Crippen molar-refractivity contribution in [1.82, 2.24) is 4.90 Å². The zero-order valence-corrected chi connectivity index (χ0v) is 12.7. The van der Waals surface area contributed by atoms with Crippen molar-refractivity contribution in [3.05, 3.63) is 20.8 Å². The maximum absolute atomic E-state index is 12.0. The van der Waals surface area contributed by atoms with Gasteiger partial charge in [0.2, 0.25) is 5.91 Å². The van der Waals surface area contributed by atoms with Crippen LogP contribution in [0.2, 0.25) is 0 Å². The van der Waals surface area contributed by atoms with Gasteiger partial charge in [0.25, 0.3) is 0 Å². The molecule has 1 aromatic rings. The Morgan fingerprint density at radius 2 is 2.33 bits per heavy atom. The molecule has 0 aliphatic carbocycles. The summed E-state index contributed by atoms with van der Waals surface area (Å²) in [6, 6.07) is 3.67. The molecule has 2 rings (SSSR count). The van der Waals surface area contributed by atoms with Gasteiger partial charge in [-0.1, -0.05) is 13.3 Å². The van der Waals surface area contributed by atoms with Crippen molar-refractivity contribution >= 4 is 39.0 Å². The summed E-state index contributed by atoms with van der Waals surface area (Å²) < 4.78 is 0.947. The summed E-state index contributed by atoms with van der Waals surface area (Å²) in [5.74, 6) is 0.596. The molecule has 0 bridgehead atoms. The van der Waals surface area contributed by atoms with E-state index in [1.165, 1.54) is 11.3 Å². The van der Waals surface area contributed by atoms with Crippen LogP contribution in [0.25, 0.3) is 0 Å². The van der Waals surface area contributed by atoms with E-state index in [4.69, 9.17) is 0 Å². The zero-order valence-electron chi connectivity index (χ0n) is 10.3. The van der Waals surface area contributed by atoms with Crippen molar-refractivity contribution in [2.75, 3.05) is 13.1 Å². The highest BCUT2D eigenvalue weighted by molar-refractivity contribution is 9.11. The van der Waals surface area contributed by atoms with Gasteiger partial charge in [0.05, 0.1) is 15.2 Å². The van der Waals surface area contributed by atoms with Crippen molar-refractivity contribution in [2.45, 2.75) is 26.2 Å². The molecule has 18 heavy (non-hydrogen) atoms. The molecule has 1 unspecified atom stereocenters. The molecule has 0 radical (unpaired) electrons. The Morgan fingerprint density at radius 1 is 1.56 bits per heavy atom. The van der Waals surface area contributed by atoms with Crippen LogP contribution in [0, 0.1) is 5.92 Å². The number of carbonyl (C=O) groups excluding carboxylic acids is 2. The van der Waals surface area contributed by atoms with Crippen LogP contribution in [0.15, 0.2) is 15.9 Å². The van der Waals surface area contributed by atoms with Crippen LogP contribution in [0.5, 0.6) is 0 Å². The summed E-state index contributed by atoms with van der Waals surface area (Å²) in [5, 5.41) is 0. The van der Waals surface area contributed by atoms with Gasteiger partial charge in [0, 0.05) is 13.0 Å². The van der Waals surface area contributed by atoms with Crippen molar-refractivity contribution < 1.29 is 9.59 Å². The highest BCUT2D eigenvalue weighted by Gasteiger charge is 2.30. The van der Waals surface area contributed by atoms with Gasteiger partial charge in [-0.3, -0.25) is 9.59 Å². The number of Topliss-reactive ketones (excluding diaryl/α,β-unsaturated/α-hetero) is 1. The van der Waals surface area contributed by atoms with Crippen molar-refractivity contribution in [3.63, 3.8) is 0 Å². The molecule has 1 amide bonds. The summed E-state index contributed by atoms with van der Waals surface area (Å²) in [6.45, 7) is 3.10. The number of rotatable bonds is 5. The molecule has 0 aromatic carbocycles. The third kappa shape index (κ3) is 3.20. The summed E-state index contributed by atoms with van der Waals surface area (Å²) in [7, 11) is 0. The second-order valence-corrected chi connectivity index (χ2v) is 7.12. The third-order valence-electron chi connectivity index (χ3n) is 3.17. The molecule has 3 nitrogen and oxygen atoms in total. The first-order chi connectivity index (χ1) is 8.60. The minimum absolute atomic E-state index is 0.0381. The van der Waals surface area contributed by atoms with Gasteiger partial charge in [0.15, 0.2) is 5.78 Å². The van der Waals surface area contributed by atoms with Crippen molar-refractivity contribution in [3.8, 4) is 0 Å². The van der Waals surface area contributed by atoms with E-state index in [0.717, 1.165) is 23.2 Å². The highest BCUT2D eigenvalue weighted by atomic mass is 79.9. The van der Waals surface area contributed by atoms with Crippen LogP contribution in [-0.2, 0) is 4.79 Å². The topological polar surface area (TPSA) is 37.4 Å². The fraction of sp³-hybridized carbons (Fsp3) is 0.538. The Labute approximate surface area is 119 Å². The Bertz CT molecular complexity index is 458. The maximum atomic E-state index is 12.0. The third-order valence-corrected chi connectivity index (χ3v) is 4.84. The number of likely N-dealkylation sites (tertiary alicyclic amines) is 1. The molecule has 1 aliphatic heterocycles. The Hall–Kier alpha value is -0.680. The summed E-state index contributed by atoms with van der Waals surface area (Å²) in [5.41, 5.74) is 0. The fourth-order valence-corrected chi connectivity index (χ4v) is 3.64. The van der Waals surface area contributed by atoms with E-state index >= 15 is 0 Å². The molecule has 0 N–H and O–H groups in total. The minimum atomic E-state index is 0.0381. The second-order valence-electron chi connectivity index (χ2n) is 4.66. The standard InChI is InChI=1S/C13H16BrNO2S/c1-2-3-9-6-13(17)15(7-9)8-10(16)11-4-5-12(14)18-11/h4-5,9H,2-3,6-8H2,1H3. The number of ketones is 1. The number of carbonyl (C=O) groups is 2. The zero-order chi connectivity index (χ0) is 13.1. The SMILES string of the molecule is CCCC1CC(=O)N(CC(=O)c2ccc(Br)s2)C1. The first-order valence-corrected chi connectivity index (χ1v) is 7.77. The lowest BCUT2D eigenvalue weighted by molar-refractivity contribution is -0.127. The monoisotopic (exact) mass is 329 g/mol. The average molecular weight is 330 g/mol. The second kappa shape index (κ2) is 5.97. The quantitative estimate of drug-likeness (QED) is 0.777. The van der Waals surface area contributed by atoms with E-state index in [9.17, 15) is 9.59 Å². The Kier molecular flexibility index (Phi) is 4.56. The van der Waals surface area contributed by atoms with Gasteiger partial charge in [-0.2, -0.15) is 0 Å². The number of hydrogen-bond acceptors (Lipinski definition) is 3. The van der Waals surface area contributed by atoms with Crippen LogP contribution in [-0.4, -0.2) is 29.7 Å². The molecule has 0 saturated carbocycles. The van der Waals surface area contributed by atoms with Gasteiger partial charge < -0.3 is 4.90 Å². The molecule has 1 aromatic heterocycles.